The molecule has 2 fully saturated rings. The molecule has 0 atom stereocenters. The molecule has 0 radical (unpaired) electrons. The van der Waals surface area contributed by atoms with Gasteiger partial charge in [0.25, 0.3) is 0 Å². The second kappa shape index (κ2) is 23.5. The van der Waals surface area contributed by atoms with E-state index in [9.17, 15) is 0 Å². The maximum atomic E-state index is 2.53. The van der Waals surface area contributed by atoms with Gasteiger partial charge in [-0.05, 0) is 88.2 Å². The fourth-order valence-corrected chi connectivity index (χ4v) is 10.4. The van der Waals surface area contributed by atoms with Crippen LogP contribution in [-0.2, 0) is 36.2 Å². The summed E-state index contributed by atoms with van der Waals surface area (Å²) in [5.74, 6) is 0. The first-order valence-corrected chi connectivity index (χ1v) is 29.0. The van der Waals surface area contributed by atoms with Crippen molar-refractivity contribution in [3.8, 4) is 22.3 Å². The minimum atomic E-state index is 0. The zero-order valence-corrected chi connectivity index (χ0v) is 43.3. The molecule has 320 valence electrons. The van der Waals surface area contributed by atoms with Gasteiger partial charge in [-0.3, -0.25) is 0 Å². The van der Waals surface area contributed by atoms with Crippen molar-refractivity contribution in [3.63, 3.8) is 0 Å². The van der Waals surface area contributed by atoms with Crippen LogP contribution in [0.4, 0.5) is 0 Å². The van der Waals surface area contributed by atoms with E-state index in [1.807, 2.05) is 0 Å². The van der Waals surface area contributed by atoms with Crippen LogP contribution in [0.3, 0.4) is 0 Å². The number of fused-ring (bicyclic) bond motifs is 2. The largest absolute Gasteiger partial charge is 1.00 e. The summed E-state index contributed by atoms with van der Waals surface area (Å²) in [4.78, 5) is 0. The van der Waals surface area contributed by atoms with Crippen LogP contribution in [0.25, 0.3) is 43.8 Å². The third kappa shape index (κ3) is 14.4. The molecule has 4 heteroatoms. The smallest absolute Gasteiger partial charge is 0.0274 e. The summed E-state index contributed by atoms with van der Waals surface area (Å²) in [6, 6.07) is 37.3. The molecule has 0 aliphatic heterocycles. The second-order valence-corrected chi connectivity index (χ2v) is 29.0. The van der Waals surface area contributed by atoms with Crippen LogP contribution in [0.15, 0.2) is 97.1 Å². The van der Waals surface area contributed by atoms with Crippen molar-refractivity contribution in [1.29, 1.82) is 0 Å². The van der Waals surface area contributed by atoms with Gasteiger partial charge in [0.1, 0.15) is 0 Å². The molecule has 60 heavy (non-hydrogen) atoms. The molecule has 0 heterocycles. The van der Waals surface area contributed by atoms with Crippen LogP contribution in [0.5, 0.6) is 0 Å². The number of rotatable bonds is 6. The molecule has 0 unspecified atom stereocenters. The first-order chi connectivity index (χ1) is 27.8. The van der Waals surface area contributed by atoms with Crippen LogP contribution < -0.4 is 24.8 Å². The van der Waals surface area contributed by atoms with Crippen molar-refractivity contribution in [1.82, 2.24) is 0 Å². The van der Waals surface area contributed by atoms with Gasteiger partial charge in [-0.2, -0.15) is 12.1 Å². The maximum Gasteiger partial charge on any atom is -0.0274 e. The standard InChI is InChI=1S/2C27H33.C2H6Si.2ClH.Zr/c2*1-20-14-21(2)16-24(15-20)25-11-9-10-23-17-22(18-26(23)25)19-27(3)12-7-5-4-6-8-13-27;1-3-2;;;/h2*9-11,14-18H,4-8,12-13,19H2,1-3H3;1-2H3;2*1H;/q2*-1;;;;+2/p-2. The quantitative estimate of drug-likeness (QED) is 0.115. The van der Waals surface area contributed by atoms with Gasteiger partial charge in [0.15, 0.2) is 0 Å². The monoisotopic (exact) mass is 932 g/mol. The van der Waals surface area contributed by atoms with Crippen LogP contribution in [0.2, 0.25) is 13.1 Å². The third-order valence-corrected chi connectivity index (χ3v) is 13.1. The maximum absolute atomic E-state index is 2.53. The fraction of sp³-hybridized carbons (Fsp3) is 0.464. The third-order valence-electron chi connectivity index (χ3n) is 13.1. The van der Waals surface area contributed by atoms with E-state index in [1.165, 1.54) is 180 Å². The molecule has 0 N–H and O–H groups in total. The zero-order chi connectivity index (χ0) is 41.3. The van der Waals surface area contributed by atoms with Crippen molar-refractivity contribution >= 4 is 27.0 Å². The Kier molecular flexibility index (Phi) is 19.7. The van der Waals surface area contributed by atoms with Crippen LogP contribution >= 0.6 is 0 Å². The van der Waals surface area contributed by atoms with E-state index in [4.69, 9.17) is 0 Å². The molecule has 0 nitrogen and oxygen atoms in total. The van der Waals surface area contributed by atoms with Gasteiger partial charge in [-0.15, -0.1) is 69.1 Å². The number of hydrogen-bond acceptors (Lipinski definition) is 0. The molecular formula is C56H72Cl2SiZr-2. The zero-order valence-electron chi connectivity index (χ0n) is 38.3. The normalized spacial score (nSPS) is 16.3. The molecule has 2 aliphatic carbocycles. The van der Waals surface area contributed by atoms with Gasteiger partial charge < -0.3 is 24.8 Å². The molecule has 2 aliphatic rings. The van der Waals surface area contributed by atoms with E-state index in [2.05, 4.69) is 152 Å². The average Bonchev–Trinajstić information content (AvgIpc) is 3.74. The summed E-state index contributed by atoms with van der Waals surface area (Å²) in [5.41, 5.74) is 15.1. The Morgan fingerprint density at radius 3 is 1.10 bits per heavy atom. The Balaban J connectivity index is 0.000000236. The van der Waals surface area contributed by atoms with Crippen LogP contribution in [0, 0.1) is 38.5 Å². The van der Waals surface area contributed by atoms with Crippen molar-refractivity contribution < 1.29 is 48.1 Å². The van der Waals surface area contributed by atoms with Gasteiger partial charge >= 0.3 is 41.9 Å². The molecule has 0 spiro atoms. The van der Waals surface area contributed by atoms with E-state index < -0.39 is 0 Å². The Morgan fingerprint density at radius 2 is 0.783 bits per heavy atom. The summed E-state index contributed by atoms with van der Waals surface area (Å²) in [6.45, 7) is 18.5. The Bertz CT molecular complexity index is 2070. The van der Waals surface area contributed by atoms with E-state index >= 15 is 0 Å². The molecular weight excluding hydrogens is 863 g/mol. The summed E-state index contributed by atoms with van der Waals surface area (Å²) < 4.78 is 0. The van der Waals surface area contributed by atoms with Crippen molar-refractivity contribution in [2.75, 3.05) is 0 Å². The van der Waals surface area contributed by atoms with E-state index in [1.54, 1.807) is 23.3 Å². The predicted octanol–water partition coefficient (Wildman–Crippen LogP) is 11.1. The molecule has 0 aromatic heterocycles. The van der Waals surface area contributed by atoms with Gasteiger partial charge in [-0.1, -0.05) is 160 Å². The Hall–Kier alpha value is -2.22. The van der Waals surface area contributed by atoms with Crippen molar-refractivity contribution in [2.24, 2.45) is 10.8 Å². The van der Waals surface area contributed by atoms with Gasteiger partial charge in [0.05, 0.1) is 0 Å². The van der Waals surface area contributed by atoms with Gasteiger partial charge in [-0.25, -0.2) is 0 Å². The van der Waals surface area contributed by atoms with Crippen molar-refractivity contribution in [3.05, 3.63) is 130 Å². The molecule has 0 saturated heterocycles. The SMILES string of the molecule is C[Si](C)=[Zr+2].Cc1cc(C)cc(-c2cccc3[cH-]c(CC4(C)CCCCCCC4)cc23)c1.Cc1cc(C)cc(-c2cccc3[cH-]c(CC4(C)CCCCCCC4)cc23)c1.[Cl-].[Cl-]. The first-order valence-electron chi connectivity index (χ1n) is 22.8. The average molecular weight is 935 g/mol. The minimum absolute atomic E-state index is 0. The minimum Gasteiger partial charge on any atom is -1.00 e. The Morgan fingerprint density at radius 1 is 0.483 bits per heavy atom. The second-order valence-electron chi connectivity index (χ2n) is 19.6. The molecule has 6 aromatic carbocycles. The number of benzene rings is 4. The van der Waals surface area contributed by atoms with Gasteiger partial charge in [0.2, 0.25) is 0 Å². The summed E-state index contributed by atoms with van der Waals surface area (Å²) >= 11 is 1.74. The molecule has 8 rings (SSSR count). The fourth-order valence-electron chi connectivity index (χ4n) is 10.4. The summed E-state index contributed by atoms with van der Waals surface area (Å²) in [6.07, 6.45) is 22.2. The molecule has 2 saturated carbocycles. The van der Waals surface area contributed by atoms with Gasteiger partial charge in [0, 0.05) is 0 Å². The van der Waals surface area contributed by atoms with E-state index in [0.29, 0.717) is 10.8 Å². The van der Waals surface area contributed by atoms with Crippen LogP contribution in [0.1, 0.15) is 137 Å². The van der Waals surface area contributed by atoms with E-state index in [-0.39, 0.29) is 30.2 Å². The topological polar surface area (TPSA) is 0 Å². The number of aryl methyl sites for hydroxylation is 4. The molecule has 0 bridgehead atoms. The number of hydrogen-bond donors (Lipinski definition) is 0. The first kappa shape index (κ1) is 50.4. The molecule has 0 amide bonds. The Labute approximate surface area is 393 Å². The summed E-state index contributed by atoms with van der Waals surface area (Å²) in [7, 11) is 0. The van der Waals surface area contributed by atoms with Crippen molar-refractivity contribution in [2.45, 2.75) is 157 Å². The van der Waals surface area contributed by atoms with Crippen LogP contribution in [-0.4, -0.2) is 5.43 Å². The summed E-state index contributed by atoms with van der Waals surface area (Å²) in [5, 5.41) is 5.64. The number of halogens is 2. The predicted molar refractivity (Wildman–Crippen MR) is 255 cm³/mol. The van der Waals surface area contributed by atoms with E-state index in [0.717, 1.165) is 0 Å². The molecule has 6 aromatic rings.